The summed E-state index contributed by atoms with van der Waals surface area (Å²) in [5.41, 5.74) is 4.85. The minimum absolute atomic E-state index is 0.215. The van der Waals surface area contributed by atoms with Crippen LogP contribution >= 0.6 is 0 Å². The van der Waals surface area contributed by atoms with Crippen LogP contribution in [0.4, 0.5) is 17.3 Å². The molecule has 1 amide bonds. The van der Waals surface area contributed by atoms with Crippen LogP contribution in [0.2, 0.25) is 0 Å². The highest BCUT2D eigenvalue weighted by Crippen LogP contribution is 2.27. The van der Waals surface area contributed by atoms with Crippen LogP contribution in [0.15, 0.2) is 79.3 Å². The maximum Gasteiger partial charge on any atom is 0.274 e. The van der Waals surface area contributed by atoms with Gasteiger partial charge in [-0.2, -0.15) is 5.26 Å². The molecule has 4 rings (SSSR count). The first-order valence-corrected chi connectivity index (χ1v) is 9.55. The van der Waals surface area contributed by atoms with E-state index >= 15 is 0 Å². The highest BCUT2D eigenvalue weighted by atomic mass is 16.1. The van der Waals surface area contributed by atoms with Crippen molar-refractivity contribution >= 4 is 23.2 Å². The fourth-order valence-electron chi connectivity index (χ4n) is 3.09. The number of aryl methyl sites for hydroxylation is 1. The molecule has 0 fully saturated rings. The van der Waals surface area contributed by atoms with Crippen molar-refractivity contribution in [1.82, 2.24) is 15.0 Å². The van der Waals surface area contributed by atoms with Crippen LogP contribution in [0.5, 0.6) is 0 Å². The molecule has 2 aromatic heterocycles. The summed E-state index contributed by atoms with van der Waals surface area (Å²) in [6.07, 6.45) is 4.82. The summed E-state index contributed by atoms with van der Waals surface area (Å²) in [7, 11) is 0. The van der Waals surface area contributed by atoms with Crippen molar-refractivity contribution in [3.63, 3.8) is 0 Å². The van der Waals surface area contributed by atoms with E-state index in [1.54, 1.807) is 36.7 Å². The Hall–Kier alpha value is -4.57. The van der Waals surface area contributed by atoms with Crippen molar-refractivity contribution in [2.45, 2.75) is 6.92 Å². The molecule has 31 heavy (non-hydrogen) atoms. The molecule has 2 heterocycles. The van der Waals surface area contributed by atoms with Gasteiger partial charge in [-0.15, -0.1) is 0 Å². The van der Waals surface area contributed by atoms with Crippen molar-refractivity contribution in [2.24, 2.45) is 0 Å². The molecule has 4 aromatic rings. The van der Waals surface area contributed by atoms with Crippen molar-refractivity contribution in [3.8, 4) is 17.2 Å². The third-order valence-corrected chi connectivity index (χ3v) is 4.64. The van der Waals surface area contributed by atoms with E-state index in [1.807, 2.05) is 43.3 Å². The number of pyridine rings is 1. The van der Waals surface area contributed by atoms with Gasteiger partial charge in [-0.1, -0.05) is 30.3 Å². The summed E-state index contributed by atoms with van der Waals surface area (Å²) in [6, 6.07) is 20.5. The first kappa shape index (κ1) is 19.7. The van der Waals surface area contributed by atoms with Crippen LogP contribution in [0, 0.1) is 18.3 Å². The molecule has 0 saturated heterocycles. The lowest BCUT2D eigenvalue weighted by atomic mass is 10.1. The minimum Gasteiger partial charge on any atom is -0.324 e. The maximum atomic E-state index is 12.9. The molecule has 2 N–H and O–H groups in total. The Bertz CT molecular complexity index is 1280. The van der Waals surface area contributed by atoms with Gasteiger partial charge in [0.05, 0.1) is 23.5 Å². The zero-order chi connectivity index (χ0) is 21.6. The number of hydrogen-bond donors (Lipinski definition) is 2. The molecule has 0 radical (unpaired) electrons. The molecule has 0 atom stereocenters. The van der Waals surface area contributed by atoms with E-state index in [4.69, 9.17) is 5.26 Å². The zero-order valence-corrected chi connectivity index (χ0v) is 16.7. The van der Waals surface area contributed by atoms with Crippen molar-refractivity contribution < 1.29 is 4.79 Å². The molecule has 0 saturated carbocycles. The Balaban J connectivity index is 1.56. The number of nitrogens with one attached hydrogen (secondary N) is 2. The monoisotopic (exact) mass is 406 g/mol. The number of anilines is 3. The van der Waals surface area contributed by atoms with Gasteiger partial charge < -0.3 is 10.6 Å². The topological polar surface area (TPSA) is 104 Å². The molecule has 150 valence electrons. The average Bonchev–Trinajstić information content (AvgIpc) is 2.81. The highest BCUT2D eigenvalue weighted by molar-refractivity contribution is 6.05. The molecule has 7 heteroatoms. The van der Waals surface area contributed by atoms with Crippen LogP contribution in [-0.4, -0.2) is 20.9 Å². The Labute approximate surface area is 179 Å². The second-order valence-electron chi connectivity index (χ2n) is 6.77. The van der Waals surface area contributed by atoms with E-state index in [0.29, 0.717) is 11.3 Å². The van der Waals surface area contributed by atoms with Gasteiger partial charge >= 0.3 is 0 Å². The lowest BCUT2D eigenvalue weighted by Crippen LogP contribution is -2.15. The SMILES string of the molecule is Cc1cc(C#N)ccc1Nc1nccc(C(=O)Nc2cnccc2-c2ccccc2)n1. The number of aromatic nitrogens is 3. The summed E-state index contributed by atoms with van der Waals surface area (Å²) >= 11 is 0. The zero-order valence-electron chi connectivity index (χ0n) is 16.7. The van der Waals surface area contributed by atoms with Gasteiger partial charge in [0.2, 0.25) is 5.95 Å². The number of rotatable bonds is 5. The van der Waals surface area contributed by atoms with Crippen LogP contribution in [0.25, 0.3) is 11.1 Å². The number of nitriles is 1. The first-order valence-electron chi connectivity index (χ1n) is 9.55. The van der Waals surface area contributed by atoms with Gasteiger partial charge in [0.25, 0.3) is 5.91 Å². The summed E-state index contributed by atoms with van der Waals surface area (Å²) in [5, 5.41) is 15.0. The van der Waals surface area contributed by atoms with E-state index in [2.05, 4.69) is 31.7 Å². The van der Waals surface area contributed by atoms with E-state index in [-0.39, 0.29) is 17.5 Å². The largest absolute Gasteiger partial charge is 0.324 e. The Morgan fingerprint density at radius 1 is 1.00 bits per heavy atom. The van der Waals surface area contributed by atoms with Crippen LogP contribution in [-0.2, 0) is 0 Å². The molecule has 7 nitrogen and oxygen atoms in total. The summed E-state index contributed by atoms with van der Waals surface area (Å²) < 4.78 is 0. The molecule has 0 aliphatic rings. The summed E-state index contributed by atoms with van der Waals surface area (Å²) in [6.45, 7) is 1.88. The average molecular weight is 406 g/mol. The molecule has 2 aromatic carbocycles. The van der Waals surface area contributed by atoms with Crippen molar-refractivity contribution in [2.75, 3.05) is 10.6 Å². The van der Waals surface area contributed by atoms with Crippen molar-refractivity contribution in [3.05, 3.63) is 96.1 Å². The lowest BCUT2D eigenvalue weighted by molar-refractivity contribution is 0.102. The van der Waals surface area contributed by atoms with Crippen LogP contribution < -0.4 is 10.6 Å². The van der Waals surface area contributed by atoms with Crippen LogP contribution in [0.1, 0.15) is 21.6 Å². The first-order chi connectivity index (χ1) is 15.1. The predicted molar refractivity (Wildman–Crippen MR) is 119 cm³/mol. The second-order valence-corrected chi connectivity index (χ2v) is 6.77. The molecule has 0 aliphatic heterocycles. The van der Waals surface area contributed by atoms with Gasteiger partial charge in [-0.05, 0) is 48.4 Å². The van der Waals surface area contributed by atoms with Gasteiger partial charge in [0, 0.05) is 23.6 Å². The number of carbonyl (C=O) groups is 1. The molecule has 0 spiro atoms. The third-order valence-electron chi connectivity index (χ3n) is 4.64. The maximum absolute atomic E-state index is 12.9. The summed E-state index contributed by atoms with van der Waals surface area (Å²) in [4.78, 5) is 25.5. The number of nitrogens with zero attached hydrogens (tertiary/aromatic N) is 4. The Kier molecular flexibility index (Phi) is 5.63. The van der Waals surface area contributed by atoms with Gasteiger partial charge in [0.1, 0.15) is 5.69 Å². The van der Waals surface area contributed by atoms with Crippen LogP contribution in [0.3, 0.4) is 0 Å². The van der Waals surface area contributed by atoms with E-state index in [9.17, 15) is 4.79 Å². The smallest absolute Gasteiger partial charge is 0.274 e. The third kappa shape index (κ3) is 4.54. The Morgan fingerprint density at radius 3 is 2.61 bits per heavy atom. The lowest BCUT2D eigenvalue weighted by Gasteiger charge is -2.12. The second kappa shape index (κ2) is 8.84. The van der Waals surface area contributed by atoms with Gasteiger partial charge in [-0.25, -0.2) is 9.97 Å². The molecular formula is C24H18N6O. The highest BCUT2D eigenvalue weighted by Gasteiger charge is 2.13. The van der Waals surface area contributed by atoms with E-state index in [1.165, 1.54) is 6.20 Å². The van der Waals surface area contributed by atoms with E-state index < -0.39 is 0 Å². The standard InChI is InChI=1S/C24H18N6O/c1-16-13-17(14-25)7-8-20(16)29-24-27-12-10-21(30-24)23(31)28-22-15-26-11-9-19(22)18-5-3-2-4-6-18/h2-13,15H,1H3,(H,28,31)(H,27,29,30). The van der Waals surface area contributed by atoms with E-state index in [0.717, 1.165) is 22.4 Å². The number of hydrogen-bond acceptors (Lipinski definition) is 6. The molecule has 0 bridgehead atoms. The molecule has 0 aliphatic carbocycles. The number of amides is 1. The predicted octanol–water partition coefficient (Wildman–Crippen LogP) is 4.71. The quantitative estimate of drug-likeness (QED) is 0.497. The number of carbonyl (C=O) groups excluding carboxylic acids is 1. The number of benzene rings is 2. The fourth-order valence-corrected chi connectivity index (χ4v) is 3.09. The normalized spacial score (nSPS) is 10.2. The van der Waals surface area contributed by atoms with Gasteiger partial charge in [0.15, 0.2) is 0 Å². The molecule has 0 unspecified atom stereocenters. The van der Waals surface area contributed by atoms with Crippen molar-refractivity contribution in [1.29, 1.82) is 5.26 Å². The fraction of sp³-hybridized carbons (Fsp3) is 0.0417. The van der Waals surface area contributed by atoms with Gasteiger partial charge in [-0.3, -0.25) is 9.78 Å². The Morgan fingerprint density at radius 2 is 1.84 bits per heavy atom. The minimum atomic E-state index is -0.368. The molecular weight excluding hydrogens is 388 g/mol. The summed E-state index contributed by atoms with van der Waals surface area (Å²) in [5.74, 6) is -0.0814.